The van der Waals surface area contributed by atoms with E-state index in [1.54, 1.807) is 12.1 Å². The van der Waals surface area contributed by atoms with E-state index in [2.05, 4.69) is 5.32 Å². The van der Waals surface area contributed by atoms with Gasteiger partial charge in [0.2, 0.25) is 5.91 Å². The number of hydrogen-bond donors (Lipinski definition) is 2. The number of nitrogen functional groups attached to an aromatic ring is 1. The van der Waals surface area contributed by atoms with Crippen molar-refractivity contribution < 1.29 is 9.53 Å². The van der Waals surface area contributed by atoms with Gasteiger partial charge >= 0.3 is 0 Å². The Kier molecular flexibility index (Phi) is 5.93. The molecule has 1 rings (SSSR count). The van der Waals surface area contributed by atoms with Crippen LogP contribution >= 0.6 is 0 Å². The van der Waals surface area contributed by atoms with Gasteiger partial charge in [0.25, 0.3) is 0 Å². The molecule has 0 spiro atoms. The van der Waals surface area contributed by atoms with E-state index in [0.717, 1.165) is 12.0 Å². The summed E-state index contributed by atoms with van der Waals surface area (Å²) >= 11 is 0. The highest BCUT2D eigenvalue weighted by molar-refractivity contribution is 5.92. The minimum absolute atomic E-state index is 0.0955. The van der Waals surface area contributed by atoms with Crippen LogP contribution in [0.5, 0.6) is 5.75 Å². The van der Waals surface area contributed by atoms with E-state index in [-0.39, 0.29) is 11.9 Å². The normalized spacial score (nSPS) is 12.4. The first-order valence-corrected chi connectivity index (χ1v) is 6.57. The fraction of sp³-hybridized carbons (Fsp3) is 0.400. The van der Waals surface area contributed by atoms with Gasteiger partial charge in [0, 0.05) is 12.1 Å². The van der Waals surface area contributed by atoms with Crippen LogP contribution in [0, 0.1) is 0 Å². The number of nitrogens with two attached hydrogens (primary N) is 1. The largest absolute Gasteiger partial charge is 0.492 e. The van der Waals surface area contributed by atoms with Gasteiger partial charge in [-0.05, 0) is 44.0 Å². The summed E-state index contributed by atoms with van der Waals surface area (Å²) in [5.74, 6) is 0.575. The smallest absolute Gasteiger partial charge is 0.244 e. The van der Waals surface area contributed by atoms with E-state index in [4.69, 9.17) is 10.5 Å². The summed E-state index contributed by atoms with van der Waals surface area (Å²) in [4.78, 5) is 11.6. The van der Waals surface area contributed by atoms with Crippen molar-refractivity contribution >= 4 is 17.7 Å². The van der Waals surface area contributed by atoms with Crippen LogP contribution in [0.15, 0.2) is 24.3 Å². The Labute approximate surface area is 114 Å². The summed E-state index contributed by atoms with van der Waals surface area (Å²) < 4.78 is 5.36. The molecule has 0 aliphatic carbocycles. The zero-order valence-corrected chi connectivity index (χ0v) is 11.8. The Balaban J connectivity index is 2.67. The van der Waals surface area contributed by atoms with Crippen LogP contribution in [0.2, 0.25) is 0 Å². The molecule has 3 N–H and O–H groups in total. The summed E-state index contributed by atoms with van der Waals surface area (Å²) in [5.41, 5.74) is 7.31. The molecule has 1 aromatic rings. The molecule has 1 unspecified atom stereocenters. The molecule has 0 bridgehead atoms. The number of amides is 1. The monoisotopic (exact) mass is 262 g/mol. The van der Waals surface area contributed by atoms with Crippen LogP contribution in [0.25, 0.3) is 6.08 Å². The van der Waals surface area contributed by atoms with Gasteiger partial charge in [0.1, 0.15) is 5.75 Å². The fourth-order valence-electron chi connectivity index (χ4n) is 1.52. The molecule has 0 saturated carbocycles. The molecular formula is C15H22N2O2. The van der Waals surface area contributed by atoms with Crippen LogP contribution < -0.4 is 15.8 Å². The number of anilines is 1. The number of rotatable bonds is 6. The maximum absolute atomic E-state index is 11.6. The molecule has 4 heteroatoms. The van der Waals surface area contributed by atoms with Crippen LogP contribution in [0.3, 0.4) is 0 Å². The van der Waals surface area contributed by atoms with Crippen molar-refractivity contribution in [1.29, 1.82) is 0 Å². The van der Waals surface area contributed by atoms with Crippen molar-refractivity contribution in [2.75, 3.05) is 12.3 Å². The molecule has 4 nitrogen and oxygen atoms in total. The minimum atomic E-state index is -0.0955. The molecule has 0 aromatic heterocycles. The summed E-state index contributed by atoms with van der Waals surface area (Å²) in [7, 11) is 0. The lowest BCUT2D eigenvalue weighted by molar-refractivity contribution is -0.117. The molecule has 0 heterocycles. The van der Waals surface area contributed by atoms with E-state index >= 15 is 0 Å². The fourth-order valence-corrected chi connectivity index (χ4v) is 1.52. The lowest BCUT2D eigenvalue weighted by Gasteiger charge is -2.09. The van der Waals surface area contributed by atoms with Crippen LogP contribution in [-0.2, 0) is 4.79 Å². The highest BCUT2D eigenvalue weighted by atomic mass is 16.5. The first kappa shape index (κ1) is 15.1. The summed E-state index contributed by atoms with van der Waals surface area (Å²) in [6, 6.07) is 5.65. The molecule has 0 fully saturated rings. The SMILES string of the molecule is CCOc1ccc(/C=C\C(=O)NC(C)CC)cc1N. The third-order valence-electron chi connectivity index (χ3n) is 2.76. The standard InChI is InChI=1S/C15H22N2O2/c1-4-11(3)17-15(18)9-7-12-6-8-14(19-5-2)13(16)10-12/h6-11H,4-5,16H2,1-3H3,(H,17,18)/b9-7-. The van der Waals surface area contributed by atoms with E-state index in [1.165, 1.54) is 6.08 Å². The summed E-state index contributed by atoms with van der Waals surface area (Å²) in [6.07, 6.45) is 4.17. The molecule has 0 radical (unpaired) electrons. The highest BCUT2D eigenvalue weighted by Crippen LogP contribution is 2.22. The Morgan fingerprint density at radius 3 is 2.79 bits per heavy atom. The lowest BCUT2D eigenvalue weighted by Crippen LogP contribution is -2.30. The molecule has 0 saturated heterocycles. The van der Waals surface area contributed by atoms with Gasteiger partial charge in [0.15, 0.2) is 0 Å². The number of carbonyl (C=O) groups is 1. The summed E-state index contributed by atoms with van der Waals surface area (Å²) in [6.45, 7) is 6.49. The third kappa shape index (κ3) is 5.04. The van der Waals surface area contributed by atoms with Crippen LogP contribution in [-0.4, -0.2) is 18.6 Å². The van der Waals surface area contributed by atoms with Gasteiger partial charge in [0.05, 0.1) is 12.3 Å². The molecular weight excluding hydrogens is 240 g/mol. The predicted octanol–water partition coefficient (Wildman–Crippen LogP) is 2.60. The Morgan fingerprint density at radius 1 is 1.47 bits per heavy atom. The average Bonchev–Trinajstić information content (AvgIpc) is 2.39. The van der Waals surface area contributed by atoms with Gasteiger partial charge < -0.3 is 15.8 Å². The van der Waals surface area contributed by atoms with E-state index < -0.39 is 0 Å². The van der Waals surface area contributed by atoms with Crippen molar-refractivity contribution in [3.63, 3.8) is 0 Å². The molecule has 0 aliphatic rings. The van der Waals surface area contributed by atoms with Crippen molar-refractivity contribution in [2.45, 2.75) is 33.2 Å². The lowest BCUT2D eigenvalue weighted by atomic mass is 10.1. The second-order valence-electron chi connectivity index (χ2n) is 4.38. The number of benzene rings is 1. The van der Waals surface area contributed by atoms with Gasteiger partial charge in [-0.1, -0.05) is 13.0 Å². The highest BCUT2D eigenvalue weighted by Gasteiger charge is 2.02. The summed E-state index contributed by atoms with van der Waals surface area (Å²) in [5, 5.41) is 2.86. The van der Waals surface area contributed by atoms with Gasteiger partial charge in [-0.2, -0.15) is 0 Å². The Morgan fingerprint density at radius 2 is 2.21 bits per heavy atom. The second kappa shape index (κ2) is 7.46. The third-order valence-corrected chi connectivity index (χ3v) is 2.76. The average molecular weight is 262 g/mol. The van der Waals surface area contributed by atoms with Crippen molar-refractivity contribution in [1.82, 2.24) is 5.32 Å². The van der Waals surface area contributed by atoms with E-state index in [9.17, 15) is 4.79 Å². The van der Waals surface area contributed by atoms with E-state index in [0.29, 0.717) is 18.0 Å². The number of nitrogens with one attached hydrogen (secondary N) is 1. The van der Waals surface area contributed by atoms with Crippen molar-refractivity contribution in [3.8, 4) is 5.75 Å². The molecule has 1 aromatic carbocycles. The Hall–Kier alpha value is -1.97. The maximum atomic E-state index is 11.6. The number of carbonyl (C=O) groups excluding carboxylic acids is 1. The molecule has 1 atom stereocenters. The molecule has 104 valence electrons. The molecule has 19 heavy (non-hydrogen) atoms. The quantitative estimate of drug-likeness (QED) is 0.612. The van der Waals surface area contributed by atoms with Gasteiger partial charge in [-0.25, -0.2) is 0 Å². The van der Waals surface area contributed by atoms with Crippen LogP contribution in [0.1, 0.15) is 32.8 Å². The number of hydrogen-bond acceptors (Lipinski definition) is 3. The Bertz CT molecular complexity index is 455. The zero-order valence-electron chi connectivity index (χ0n) is 11.8. The molecule has 0 aliphatic heterocycles. The van der Waals surface area contributed by atoms with Crippen molar-refractivity contribution in [2.24, 2.45) is 0 Å². The van der Waals surface area contributed by atoms with Gasteiger partial charge in [-0.15, -0.1) is 0 Å². The van der Waals surface area contributed by atoms with Crippen LogP contribution in [0.4, 0.5) is 5.69 Å². The van der Waals surface area contributed by atoms with E-state index in [1.807, 2.05) is 32.9 Å². The first-order chi connectivity index (χ1) is 9.06. The number of ether oxygens (including phenoxy) is 1. The zero-order chi connectivity index (χ0) is 14.3. The maximum Gasteiger partial charge on any atom is 0.244 e. The topological polar surface area (TPSA) is 64.3 Å². The first-order valence-electron chi connectivity index (χ1n) is 6.57. The minimum Gasteiger partial charge on any atom is -0.492 e. The van der Waals surface area contributed by atoms with Crippen molar-refractivity contribution in [3.05, 3.63) is 29.8 Å². The second-order valence-corrected chi connectivity index (χ2v) is 4.38. The molecule has 1 amide bonds. The van der Waals surface area contributed by atoms with Gasteiger partial charge in [-0.3, -0.25) is 4.79 Å². The predicted molar refractivity (Wildman–Crippen MR) is 79.0 cm³/mol.